The Bertz CT molecular complexity index is 532. The van der Waals surface area contributed by atoms with Crippen molar-refractivity contribution >= 4 is 11.9 Å². The predicted octanol–water partition coefficient (Wildman–Crippen LogP) is 1.15. The summed E-state index contributed by atoms with van der Waals surface area (Å²) in [6.07, 6.45) is -0.765. The first-order chi connectivity index (χ1) is 9.52. The van der Waals surface area contributed by atoms with Crippen molar-refractivity contribution in [3.63, 3.8) is 0 Å². The van der Waals surface area contributed by atoms with Gasteiger partial charge < -0.3 is 14.4 Å². The topological polar surface area (TPSA) is 55.8 Å². The quantitative estimate of drug-likeness (QED) is 0.763. The Labute approximate surface area is 116 Å². The molecule has 0 N–H and O–H groups in total. The van der Waals surface area contributed by atoms with Crippen molar-refractivity contribution in [2.75, 3.05) is 26.8 Å². The maximum Gasteiger partial charge on any atom is 0.336 e. The molecule has 1 fully saturated rings. The van der Waals surface area contributed by atoms with E-state index in [2.05, 4.69) is 4.74 Å². The summed E-state index contributed by atoms with van der Waals surface area (Å²) in [5, 5.41) is 0. The van der Waals surface area contributed by atoms with Crippen molar-refractivity contribution in [3.8, 4) is 0 Å². The molecular formula is C14H16FNO4. The molecule has 0 saturated carbocycles. The number of hydrogen-bond acceptors (Lipinski definition) is 4. The maximum atomic E-state index is 13.2. The van der Waals surface area contributed by atoms with Gasteiger partial charge in [-0.1, -0.05) is 0 Å². The zero-order valence-electron chi connectivity index (χ0n) is 11.4. The zero-order valence-corrected chi connectivity index (χ0v) is 11.4. The van der Waals surface area contributed by atoms with Gasteiger partial charge in [-0.15, -0.1) is 0 Å². The summed E-state index contributed by atoms with van der Waals surface area (Å²) in [4.78, 5) is 25.3. The molecule has 1 aliphatic heterocycles. The molecule has 1 aromatic rings. The lowest BCUT2D eigenvalue weighted by molar-refractivity contribution is -0.158. The number of aryl methyl sites for hydroxylation is 1. The Kier molecular flexibility index (Phi) is 4.34. The van der Waals surface area contributed by atoms with E-state index in [9.17, 15) is 14.0 Å². The second-order valence-electron chi connectivity index (χ2n) is 4.60. The van der Waals surface area contributed by atoms with E-state index in [0.717, 1.165) is 0 Å². The molecule has 1 aliphatic rings. The zero-order chi connectivity index (χ0) is 14.7. The van der Waals surface area contributed by atoms with Crippen LogP contribution in [0.3, 0.4) is 0 Å². The van der Waals surface area contributed by atoms with Crippen molar-refractivity contribution in [1.29, 1.82) is 0 Å². The second kappa shape index (κ2) is 6.00. The number of carbonyl (C=O) groups excluding carboxylic acids is 2. The number of hydrogen-bond donors (Lipinski definition) is 0. The molecule has 6 heteroatoms. The van der Waals surface area contributed by atoms with E-state index >= 15 is 0 Å². The molecule has 5 nitrogen and oxygen atoms in total. The molecule has 1 aromatic carbocycles. The number of benzene rings is 1. The molecule has 0 aliphatic carbocycles. The molecule has 0 radical (unpaired) electrons. The lowest BCUT2D eigenvalue weighted by Gasteiger charge is -2.31. The first kappa shape index (κ1) is 14.5. The normalized spacial score (nSPS) is 18.8. The highest BCUT2D eigenvalue weighted by molar-refractivity contribution is 5.94. The van der Waals surface area contributed by atoms with Crippen LogP contribution < -0.4 is 0 Å². The predicted molar refractivity (Wildman–Crippen MR) is 68.8 cm³/mol. The van der Waals surface area contributed by atoms with Crippen LogP contribution in [0.5, 0.6) is 0 Å². The van der Waals surface area contributed by atoms with Gasteiger partial charge in [0.1, 0.15) is 5.82 Å². The van der Waals surface area contributed by atoms with Crippen LogP contribution in [0.4, 0.5) is 4.39 Å². The van der Waals surface area contributed by atoms with Crippen molar-refractivity contribution in [2.24, 2.45) is 0 Å². The van der Waals surface area contributed by atoms with E-state index in [4.69, 9.17) is 4.74 Å². The van der Waals surface area contributed by atoms with Crippen LogP contribution in [0.25, 0.3) is 0 Å². The highest BCUT2D eigenvalue weighted by Gasteiger charge is 2.30. The third-order valence-corrected chi connectivity index (χ3v) is 3.22. The highest BCUT2D eigenvalue weighted by Crippen LogP contribution is 2.14. The number of ether oxygens (including phenoxy) is 2. The Hall–Kier alpha value is -1.95. The molecule has 0 spiro atoms. The molecule has 1 amide bonds. The van der Waals surface area contributed by atoms with E-state index in [0.29, 0.717) is 17.7 Å². The Balaban J connectivity index is 2.12. The van der Waals surface area contributed by atoms with Crippen LogP contribution >= 0.6 is 0 Å². The molecule has 0 bridgehead atoms. The molecular weight excluding hydrogens is 265 g/mol. The van der Waals surface area contributed by atoms with Gasteiger partial charge in [-0.2, -0.15) is 0 Å². The van der Waals surface area contributed by atoms with Crippen LogP contribution in [-0.2, 0) is 14.3 Å². The summed E-state index contributed by atoms with van der Waals surface area (Å²) in [5.41, 5.74) is 0.808. The molecule has 1 saturated heterocycles. The SMILES string of the molecule is COC(=O)C1CN(C(=O)c2ccc(F)c(C)c2)CCO1. The highest BCUT2D eigenvalue weighted by atomic mass is 19.1. The molecule has 1 heterocycles. The van der Waals surface area contributed by atoms with Crippen molar-refractivity contribution in [2.45, 2.75) is 13.0 Å². The summed E-state index contributed by atoms with van der Waals surface area (Å²) in [6.45, 7) is 2.40. The fraction of sp³-hybridized carbons (Fsp3) is 0.429. The van der Waals surface area contributed by atoms with E-state index in [1.807, 2.05) is 0 Å². The average Bonchev–Trinajstić information content (AvgIpc) is 2.48. The second-order valence-corrected chi connectivity index (χ2v) is 4.60. The van der Waals surface area contributed by atoms with Gasteiger partial charge in [-0.25, -0.2) is 9.18 Å². The minimum absolute atomic E-state index is 0.141. The molecule has 0 aromatic heterocycles. The lowest BCUT2D eigenvalue weighted by atomic mass is 10.1. The van der Waals surface area contributed by atoms with E-state index in [1.54, 1.807) is 6.92 Å². The summed E-state index contributed by atoms with van der Waals surface area (Å²) in [6, 6.07) is 4.20. The third kappa shape index (κ3) is 2.96. The van der Waals surface area contributed by atoms with Gasteiger partial charge in [0.05, 0.1) is 20.3 Å². The number of amides is 1. The van der Waals surface area contributed by atoms with Crippen LogP contribution in [0, 0.1) is 12.7 Å². The van der Waals surface area contributed by atoms with Gasteiger partial charge in [0, 0.05) is 12.1 Å². The number of esters is 1. The van der Waals surface area contributed by atoms with Gasteiger partial charge in [0.25, 0.3) is 5.91 Å². The largest absolute Gasteiger partial charge is 0.467 e. The Morgan fingerprint density at radius 1 is 1.45 bits per heavy atom. The summed E-state index contributed by atoms with van der Waals surface area (Å²) >= 11 is 0. The van der Waals surface area contributed by atoms with Crippen molar-refractivity contribution < 1.29 is 23.5 Å². The number of morpholine rings is 1. The molecule has 108 valence electrons. The standard InChI is InChI=1S/C14H16FNO4/c1-9-7-10(3-4-11(9)15)13(17)16-5-6-20-12(8-16)14(18)19-2/h3-4,7,12H,5-6,8H2,1-2H3. The minimum Gasteiger partial charge on any atom is -0.467 e. The lowest BCUT2D eigenvalue weighted by Crippen LogP contribution is -2.48. The van der Waals surface area contributed by atoms with Gasteiger partial charge in [0.2, 0.25) is 0 Å². The van der Waals surface area contributed by atoms with Gasteiger partial charge in [-0.05, 0) is 30.7 Å². The average molecular weight is 281 g/mol. The minimum atomic E-state index is -0.765. The van der Waals surface area contributed by atoms with Gasteiger partial charge in [0.15, 0.2) is 6.10 Å². The van der Waals surface area contributed by atoms with Crippen LogP contribution in [0.2, 0.25) is 0 Å². The van der Waals surface area contributed by atoms with Crippen LogP contribution in [-0.4, -0.2) is 49.7 Å². The van der Waals surface area contributed by atoms with Gasteiger partial charge >= 0.3 is 5.97 Å². The Morgan fingerprint density at radius 3 is 2.85 bits per heavy atom. The van der Waals surface area contributed by atoms with E-state index in [1.165, 1.54) is 30.2 Å². The fourth-order valence-electron chi connectivity index (χ4n) is 2.07. The summed E-state index contributed by atoms with van der Waals surface area (Å²) < 4.78 is 23.1. The first-order valence-electron chi connectivity index (χ1n) is 6.27. The van der Waals surface area contributed by atoms with Gasteiger partial charge in [-0.3, -0.25) is 4.79 Å². The number of nitrogens with zero attached hydrogens (tertiary/aromatic N) is 1. The van der Waals surface area contributed by atoms with Crippen LogP contribution in [0.1, 0.15) is 15.9 Å². The summed E-state index contributed by atoms with van der Waals surface area (Å²) in [5.74, 6) is -1.10. The third-order valence-electron chi connectivity index (χ3n) is 3.22. The van der Waals surface area contributed by atoms with Crippen LogP contribution in [0.15, 0.2) is 18.2 Å². The molecule has 1 unspecified atom stereocenters. The Morgan fingerprint density at radius 2 is 2.20 bits per heavy atom. The van der Waals surface area contributed by atoms with E-state index in [-0.39, 0.29) is 24.9 Å². The van der Waals surface area contributed by atoms with Crippen molar-refractivity contribution in [3.05, 3.63) is 35.1 Å². The number of halogens is 1. The monoisotopic (exact) mass is 281 g/mol. The summed E-state index contributed by atoms with van der Waals surface area (Å²) in [7, 11) is 1.27. The first-order valence-corrected chi connectivity index (χ1v) is 6.27. The smallest absolute Gasteiger partial charge is 0.336 e. The number of rotatable bonds is 2. The van der Waals surface area contributed by atoms with E-state index < -0.39 is 12.1 Å². The molecule has 20 heavy (non-hydrogen) atoms. The number of carbonyl (C=O) groups is 2. The fourth-order valence-corrected chi connectivity index (χ4v) is 2.07. The maximum absolute atomic E-state index is 13.2. The van der Waals surface area contributed by atoms with Crippen molar-refractivity contribution in [1.82, 2.24) is 4.90 Å². The molecule has 1 atom stereocenters. The molecule has 2 rings (SSSR count). The number of methoxy groups -OCH3 is 1.